The number of aliphatic hydroxyl groups excluding tert-OH is 3. The molecule has 0 saturated heterocycles. The van der Waals surface area contributed by atoms with Gasteiger partial charge in [-0.3, -0.25) is 4.79 Å². The molecule has 24 heavy (non-hydrogen) atoms. The van der Waals surface area contributed by atoms with Crippen LogP contribution in [0.2, 0.25) is 0 Å². The summed E-state index contributed by atoms with van der Waals surface area (Å²) in [5.74, 6) is -0.239. The molecule has 0 amide bonds. The van der Waals surface area contributed by atoms with Crippen molar-refractivity contribution < 1.29 is 24.9 Å². The fourth-order valence-corrected chi connectivity index (χ4v) is 2.60. The number of rotatable bonds is 17. The van der Waals surface area contributed by atoms with E-state index in [2.05, 4.69) is 6.92 Å². The van der Waals surface area contributed by atoms with Crippen molar-refractivity contribution >= 4 is 5.97 Å². The summed E-state index contributed by atoms with van der Waals surface area (Å²) in [6, 6.07) is 0. The van der Waals surface area contributed by atoms with Crippen molar-refractivity contribution in [2.24, 2.45) is 5.41 Å². The molecule has 0 heterocycles. The second-order valence-corrected chi connectivity index (χ2v) is 6.88. The van der Waals surface area contributed by atoms with Crippen molar-refractivity contribution in [1.82, 2.24) is 0 Å². The Morgan fingerprint density at radius 2 is 1.25 bits per heavy atom. The van der Waals surface area contributed by atoms with Crippen molar-refractivity contribution in [3.05, 3.63) is 0 Å². The maximum Gasteiger partial charge on any atom is 0.305 e. The molecule has 0 unspecified atom stereocenters. The van der Waals surface area contributed by atoms with E-state index in [1.807, 2.05) is 0 Å². The summed E-state index contributed by atoms with van der Waals surface area (Å²) in [5, 5.41) is 27.6. The Morgan fingerprint density at radius 1 is 0.792 bits per heavy atom. The summed E-state index contributed by atoms with van der Waals surface area (Å²) in [6.45, 7) is 1.38. The summed E-state index contributed by atoms with van der Waals surface area (Å²) in [5.41, 5.74) is -0.961. The van der Waals surface area contributed by atoms with Crippen molar-refractivity contribution in [2.45, 2.75) is 84.0 Å². The quantitative estimate of drug-likeness (QED) is 0.278. The number of ether oxygens (including phenoxy) is 1. The summed E-state index contributed by atoms with van der Waals surface area (Å²) in [7, 11) is 0. The maximum absolute atomic E-state index is 11.6. The summed E-state index contributed by atoms with van der Waals surface area (Å²) < 4.78 is 5.11. The molecule has 0 rings (SSSR count). The number of hydrogen-bond donors (Lipinski definition) is 3. The van der Waals surface area contributed by atoms with Crippen LogP contribution in [-0.4, -0.2) is 47.7 Å². The van der Waals surface area contributed by atoms with Crippen molar-refractivity contribution in [2.75, 3.05) is 26.4 Å². The molecule has 0 aliphatic heterocycles. The van der Waals surface area contributed by atoms with Crippen LogP contribution in [0.25, 0.3) is 0 Å². The average molecular weight is 347 g/mol. The van der Waals surface area contributed by atoms with Gasteiger partial charge in [-0.1, -0.05) is 64.7 Å². The highest BCUT2D eigenvalue weighted by Crippen LogP contribution is 2.20. The normalized spacial score (nSPS) is 11.7. The van der Waals surface area contributed by atoms with Crippen LogP contribution < -0.4 is 0 Å². The van der Waals surface area contributed by atoms with Gasteiger partial charge in [0.05, 0.1) is 26.4 Å². The SMILES string of the molecule is CCCCCCCCCCCCC(=O)OCCC(CO)(CO)CO. The third-order valence-corrected chi connectivity index (χ3v) is 4.64. The summed E-state index contributed by atoms with van der Waals surface area (Å²) in [6.07, 6.45) is 12.9. The molecular weight excluding hydrogens is 308 g/mol. The molecular formula is C19H38O5. The predicted molar refractivity (Wildman–Crippen MR) is 95.7 cm³/mol. The number of carbonyl (C=O) groups excluding carboxylic acids is 1. The van der Waals surface area contributed by atoms with E-state index in [0.717, 1.165) is 12.8 Å². The zero-order chi connectivity index (χ0) is 18.1. The molecule has 0 spiro atoms. The molecule has 0 atom stereocenters. The Morgan fingerprint density at radius 3 is 1.71 bits per heavy atom. The lowest BCUT2D eigenvalue weighted by molar-refractivity contribution is -0.145. The zero-order valence-corrected chi connectivity index (χ0v) is 15.5. The van der Waals surface area contributed by atoms with Gasteiger partial charge in [0.2, 0.25) is 0 Å². The first-order valence-corrected chi connectivity index (χ1v) is 9.62. The minimum absolute atomic E-state index is 0.123. The fraction of sp³-hybridized carbons (Fsp3) is 0.947. The molecule has 0 aromatic heterocycles. The summed E-state index contributed by atoms with van der Waals surface area (Å²) in [4.78, 5) is 11.6. The van der Waals surface area contributed by atoms with Crippen molar-refractivity contribution in [3.8, 4) is 0 Å². The van der Waals surface area contributed by atoms with Gasteiger partial charge in [0.25, 0.3) is 0 Å². The van der Waals surface area contributed by atoms with Crippen molar-refractivity contribution in [3.63, 3.8) is 0 Å². The van der Waals surface area contributed by atoms with E-state index in [4.69, 9.17) is 4.74 Å². The Labute approximate surface area is 147 Å². The number of carbonyl (C=O) groups is 1. The highest BCUT2D eigenvalue weighted by atomic mass is 16.5. The topological polar surface area (TPSA) is 87.0 Å². The van der Waals surface area contributed by atoms with Gasteiger partial charge in [-0.05, 0) is 12.8 Å². The third-order valence-electron chi connectivity index (χ3n) is 4.64. The summed E-state index contributed by atoms with van der Waals surface area (Å²) >= 11 is 0. The Kier molecular flexibility index (Phi) is 15.4. The van der Waals surface area contributed by atoms with Gasteiger partial charge in [0, 0.05) is 11.8 Å². The lowest BCUT2D eigenvalue weighted by atomic mass is 9.88. The minimum Gasteiger partial charge on any atom is -0.466 e. The predicted octanol–water partition coefficient (Wildman–Crippen LogP) is 3.19. The Balaban J connectivity index is 3.47. The second-order valence-electron chi connectivity index (χ2n) is 6.88. The monoisotopic (exact) mass is 346 g/mol. The van der Waals surface area contributed by atoms with Crippen molar-refractivity contribution in [1.29, 1.82) is 0 Å². The number of unbranched alkanes of at least 4 members (excludes halogenated alkanes) is 9. The van der Waals surface area contributed by atoms with E-state index in [1.54, 1.807) is 0 Å². The van der Waals surface area contributed by atoms with Crippen LogP contribution in [-0.2, 0) is 9.53 Å². The number of hydrogen-bond acceptors (Lipinski definition) is 5. The minimum atomic E-state index is -0.961. The molecule has 0 bridgehead atoms. The first kappa shape index (κ1) is 23.4. The Bertz CT molecular complexity index is 281. The van der Waals surface area contributed by atoms with Crippen LogP contribution in [0.4, 0.5) is 0 Å². The lowest BCUT2D eigenvalue weighted by Crippen LogP contribution is -2.35. The standard InChI is InChI=1S/C19H38O5/c1-2-3-4-5-6-7-8-9-10-11-12-18(23)24-14-13-19(15-20,16-21)17-22/h20-22H,2-17H2,1H3. The van der Waals surface area contributed by atoms with Crippen LogP contribution in [0.5, 0.6) is 0 Å². The van der Waals surface area contributed by atoms with E-state index < -0.39 is 5.41 Å². The Hall–Kier alpha value is -0.650. The van der Waals surface area contributed by atoms with Gasteiger partial charge in [-0.15, -0.1) is 0 Å². The van der Waals surface area contributed by atoms with Gasteiger partial charge in [-0.2, -0.15) is 0 Å². The maximum atomic E-state index is 11.6. The number of aliphatic hydroxyl groups is 3. The first-order chi connectivity index (χ1) is 11.6. The molecule has 0 aromatic rings. The lowest BCUT2D eigenvalue weighted by Gasteiger charge is -2.26. The molecule has 0 radical (unpaired) electrons. The average Bonchev–Trinajstić information content (AvgIpc) is 2.61. The van der Waals surface area contributed by atoms with Crippen LogP contribution in [0.15, 0.2) is 0 Å². The van der Waals surface area contributed by atoms with E-state index >= 15 is 0 Å². The van der Waals surface area contributed by atoms with E-state index in [9.17, 15) is 20.1 Å². The van der Waals surface area contributed by atoms with E-state index in [0.29, 0.717) is 6.42 Å². The third kappa shape index (κ3) is 11.8. The van der Waals surface area contributed by atoms with Crippen LogP contribution in [0, 0.1) is 5.41 Å². The van der Waals surface area contributed by atoms with Gasteiger partial charge < -0.3 is 20.1 Å². The zero-order valence-electron chi connectivity index (χ0n) is 15.5. The van der Waals surface area contributed by atoms with Gasteiger partial charge in [-0.25, -0.2) is 0 Å². The number of esters is 1. The molecule has 5 heteroatoms. The van der Waals surface area contributed by atoms with E-state index in [1.165, 1.54) is 51.4 Å². The fourth-order valence-electron chi connectivity index (χ4n) is 2.60. The molecule has 0 fully saturated rings. The molecule has 5 nitrogen and oxygen atoms in total. The van der Waals surface area contributed by atoms with Crippen LogP contribution >= 0.6 is 0 Å². The first-order valence-electron chi connectivity index (χ1n) is 9.62. The molecule has 0 aromatic carbocycles. The van der Waals surface area contributed by atoms with Gasteiger partial charge >= 0.3 is 5.97 Å². The molecule has 3 N–H and O–H groups in total. The molecule has 0 aliphatic carbocycles. The van der Waals surface area contributed by atoms with Gasteiger partial charge in [0.1, 0.15) is 0 Å². The highest BCUT2D eigenvalue weighted by Gasteiger charge is 2.28. The molecule has 144 valence electrons. The van der Waals surface area contributed by atoms with Gasteiger partial charge in [0.15, 0.2) is 0 Å². The van der Waals surface area contributed by atoms with Crippen LogP contribution in [0.3, 0.4) is 0 Å². The second kappa shape index (κ2) is 15.9. The smallest absolute Gasteiger partial charge is 0.305 e. The largest absolute Gasteiger partial charge is 0.466 e. The highest BCUT2D eigenvalue weighted by molar-refractivity contribution is 5.69. The molecule has 0 saturated carbocycles. The van der Waals surface area contributed by atoms with Crippen LogP contribution in [0.1, 0.15) is 84.0 Å². The molecule has 0 aliphatic rings. The van der Waals surface area contributed by atoms with E-state index in [-0.39, 0.29) is 38.8 Å².